The van der Waals surface area contributed by atoms with E-state index in [0.717, 1.165) is 42.2 Å². The molecule has 3 aromatic rings. The molecule has 2 unspecified atom stereocenters. The van der Waals surface area contributed by atoms with Gasteiger partial charge < -0.3 is 0 Å². The van der Waals surface area contributed by atoms with Gasteiger partial charge in [-0.05, 0) is 72.1 Å². The second-order valence-electron chi connectivity index (χ2n) is 9.49. The van der Waals surface area contributed by atoms with E-state index in [4.69, 9.17) is 0 Å². The summed E-state index contributed by atoms with van der Waals surface area (Å²) >= 11 is 1.41. The number of thioether (sulfide) groups is 1. The Morgan fingerprint density at radius 3 is 2.28 bits per heavy atom. The van der Waals surface area contributed by atoms with E-state index < -0.39 is 34.5 Å². The van der Waals surface area contributed by atoms with Crippen molar-refractivity contribution in [1.29, 1.82) is 0 Å². The molecule has 0 bridgehead atoms. The summed E-state index contributed by atoms with van der Waals surface area (Å²) in [5, 5.41) is 0.375. The zero-order valence-electron chi connectivity index (χ0n) is 20.3. The highest BCUT2D eigenvalue weighted by Gasteiger charge is 2.35. The quantitative estimate of drug-likeness (QED) is 0.341. The first kappa shape index (κ1) is 26.1. The third-order valence-electron chi connectivity index (χ3n) is 6.80. The minimum Gasteiger partial charge on any atom is -0.292 e. The number of Topliss-reactive ketones (excluding diaryl/α,β-unsaturated/α-hetero) is 1. The maximum atomic E-state index is 14.5. The second-order valence-corrected chi connectivity index (χ2v) is 10.8. The Labute approximate surface area is 212 Å². The van der Waals surface area contributed by atoms with E-state index in [9.17, 15) is 22.8 Å². The third-order valence-corrected chi connectivity index (χ3v) is 8.33. The lowest BCUT2D eigenvalue weighted by molar-refractivity contribution is -0.109. The monoisotopic (exact) mass is 512 g/mol. The molecule has 0 radical (unpaired) electrons. The first-order valence-corrected chi connectivity index (χ1v) is 12.8. The lowest BCUT2D eigenvalue weighted by atomic mass is 9.72. The molecule has 1 fully saturated rings. The average molecular weight is 513 g/mol. The molecule has 4 nitrogen and oxygen atoms in total. The van der Waals surface area contributed by atoms with E-state index in [1.807, 2.05) is 6.07 Å². The van der Waals surface area contributed by atoms with Gasteiger partial charge in [-0.2, -0.15) is 0 Å². The van der Waals surface area contributed by atoms with E-state index in [1.54, 1.807) is 19.3 Å². The highest BCUT2D eigenvalue weighted by atomic mass is 32.2. The van der Waals surface area contributed by atoms with E-state index >= 15 is 0 Å². The molecule has 36 heavy (non-hydrogen) atoms. The van der Waals surface area contributed by atoms with Crippen LogP contribution in [-0.4, -0.2) is 26.1 Å². The highest BCUT2D eigenvalue weighted by Crippen LogP contribution is 2.45. The molecule has 1 aliphatic carbocycles. The number of hydrogen-bond acceptors (Lipinski definition) is 5. The Kier molecular flexibility index (Phi) is 7.93. The number of aromatic nitrogens is 2. The molecule has 0 spiro atoms. The fraction of sp³-hybridized carbons (Fsp3) is 0.357. The number of rotatable bonds is 6. The number of halogens is 3. The van der Waals surface area contributed by atoms with Gasteiger partial charge in [0.1, 0.15) is 28.8 Å². The summed E-state index contributed by atoms with van der Waals surface area (Å²) in [6.45, 7) is 5.90. The number of benzene rings is 1. The summed E-state index contributed by atoms with van der Waals surface area (Å²) in [5.41, 5.74) is 0.550. The van der Waals surface area contributed by atoms with Gasteiger partial charge in [0.15, 0.2) is 10.9 Å². The summed E-state index contributed by atoms with van der Waals surface area (Å²) in [6, 6.07) is 7.36. The van der Waals surface area contributed by atoms with Crippen LogP contribution >= 0.6 is 11.8 Å². The highest BCUT2D eigenvalue weighted by molar-refractivity contribution is 8.14. The van der Waals surface area contributed by atoms with Crippen molar-refractivity contribution in [2.75, 3.05) is 0 Å². The van der Waals surface area contributed by atoms with Crippen LogP contribution in [0, 0.1) is 29.3 Å². The molecule has 2 aromatic heterocycles. The molecule has 1 aliphatic rings. The minimum atomic E-state index is -0.956. The van der Waals surface area contributed by atoms with E-state index in [1.165, 1.54) is 23.9 Å². The van der Waals surface area contributed by atoms with Crippen molar-refractivity contribution in [3.05, 3.63) is 83.1 Å². The van der Waals surface area contributed by atoms with Crippen molar-refractivity contribution in [2.24, 2.45) is 11.8 Å². The van der Waals surface area contributed by atoms with Gasteiger partial charge in [-0.3, -0.25) is 14.6 Å². The van der Waals surface area contributed by atoms with Crippen LogP contribution in [0.3, 0.4) is 0 Å². The minimum absolute atomic E-state index is 0.0219. The Morgan fingerprint density at radius 1 is 0.972 bits per heavy atom. The van der Waals surface area contributed by atoms with E-state index in [2.05, 4.69) is 23.8 Å². The fourth-order valence-electron chi connectivity index (χ4n) is 5.24. The molecule has 0 N–H and O–H groups in total. The number of hydrogen-bond donors (Lipinski definition) is 0. The number of pyridine rings is 2. The van der Waals surface area contributed by atoms with Gasteiger partial charge in [-0.1, -0.05) is 31.7 Å². The SMILES string of the molecule is CC(=O)SC1[C@H](C)CC(c2ccncc2CC(=O)c2ccc(F)c(-c3c(F)cccc3F)n2)C[C@@H]1C. The van der Waals surface area contributed by atoms with Crippen LogP contribution in [0.2, 0.25) is 0 Å². The summed E-state index contributed by atoms with van der Waals surface area (Å²) in [5.74, 6) is -2.38. The Hall–Kier alpha value is -3.00. The molecular formula is C28H27F3N2O2S. The maximum absolute atomic E-state index is 14.5. The molecular weight excluding hydrogens is 485 g/mol. The van der Waals surface area contributed by atoms with Gasteiger partial charge in [0.05, 0.1) is 5.56 Å². The summed E-state index contributed by atoms with van der Waals surface area (Å²) in [7, 11) is 0. The number of ketones is 1. The molecule has 0 saturated heterocycles. The molecule has 4 atom stereocenters. The van der Waals surface area contributed by atoms with Crippen LogP contribution in [-0.2, 0) is 11.2 Å². The number of carbonyl (C=O) groups is 2. The van der Waals surface area contributed by atoms with Gasteiger partial charge in [-0.25, -0.2) is 18.2 Å². The zero-order chi connectivity index (χ0) is 26.0. The van der Waals surface area contributed by atoms with Crippen LogP contribution in [0.15, 0.2) is 48.8 Å². The zero-order valence-corrected chi connectivity index (χ0v) is 21.1. The number of nitrogens with zero attached hydrogens (tertiary/aromatic N) is 2. The molecule has 188 valence electrons. The fourth-order valence-corrected chi connectivity index (χ4v) is 6.32. The predicted molar refractivity (Wildman–Crippen MR) is 134 cm³/mol. The molecule has 4 rings (SSSR count). The van der Waals surface area contributed by atoms with E-state index in [-0.39, 0.29) is 28.4 Å². The van der Waals surface area contributed by atoms with E-state index in [0.29, 0.717) is 11.8 Å². The number of carbonyl (C=O) groups excluding carboxylic acids is 2. The van der Waals surface area contributed by atoms with Crippen LogP contribution in [0.1, 0.15) is 61.1 Å². The average Bonchev–Trinajstić information content (AvgIpc) is 2.82. The topological polar surface area (TPSA) is 59.9 Å². The lowest BCUT2D eigenvalue weighted by Crippen LogP contribution is -2.32. The predicted octanol–water partition coefficient (Wildman–Crippen LogP) is 6.78. The Balaban J connectivity index is 1.59. The molecule has 2 heterocycles. The summed E-state index contributed by atoms with van der Waals surface area (Å²) in [4.78, 5) is 33.1. The largest absolute Gasteiger partial charge is 0.292 e. The normalized spacial score (nSPS) is 21.8. The van der Waals surface area contributed by atoms with Gasteiger partial charge in [0.2, 0.25) is 0 Å². The smallest absolute Gasteiger partial charge is 0.186 e. The first-order chi connectivity index (χ1) is 17.2. The first-order valence-electron chi connectivity index (χ1n) is 11.9. The summed E-state index contributed by atoms with van der Waals surface area (Å²) in [6.07, 6.45) is 5.09. The van der Waals surface area contributed by atoms with Crippen LogP contribution in [0.25, 0.3) is 11.3 Å². The second kappa shape index (κ2) is 10.9. The summed E-state index contributed by atoms with van der Waals surface area (Å²) < 4.78 is 43.0. The van der Waals surface area contributed by atoms with Crippen molar-refractivity contribution in [2.45, 2.75) is 51.2 Å². The Bertz CT molecular complexity index is 1270. The van der Waals surface area contributed by atoms with Gasteiger partial charge >= 0.3 is 0 Å². The molecule has 1 aromatic carbocycles. The van der Waals surface area contributed by atoms with Gasteiger partial charge in [0.25, 0.3) is 0 Å². The maximum Gasteiger partial charge on any atom is 0.186 e. The molecule has 1 saturated carbocycles. The molecule has 0 aliphatic heterocycles. The molecule has 8 heteroatoms. The van der Waals surface area contributed by atoms with Crippen molar-refractivity contribution in [1.82, 2.24) is 9.97 Å². The van der Waals surface area contributed by atoms with Crippen molar-refractivity contribution < 1.29 is 22.8 Å². The van der Waals surface area contributed by atoms with Crippen LogP contribution in [0.4, 0.5) is 13.2 Å². The lowest BCUT2D eigenvalue weighted by Gasteiger charge is -2.39. The Morgan fingerprint density at radius 2 is 1.64 bits per heavy atom. The standard InChI is InChI=1S/C28H27F3N2O2S/c1-15-11-18(12-16(2)28(15)36-17(3)34)20-9-10-32-14-19(20)13-25(35)24-8-7-23(31)27(33-24)26-21(29)5-4-6-22(26)30/h4-10,14-16,18,28H,11-13H2,1-3H3/t15-,16+,18?,28?. The van der Waals surface area contributed by atoms with Crippen molar-refractivity contribution in [3.63, 3.8) is 0 Å². The van der Waals surface area contributed by atoms with Crippen molar-refractivity contribution >= 4 is 22.7 Å². The molecule has 0 amide bonds. The van der Waals surface area contributed by atoms with Gasteiger partial charge in [0, 0.05) is 31.0 Å². The third kappa shape index (κ3) is 5.53. The van der Waals surface area contributed by atoms with Gasteiger partial charge in [-0.15, -0.1) is 0 Å². The van der Waals surface area contributed by atoms with Crippen molar-refractivity contribution in [3.8, 4) is 11.3 Å². The van der Waals surface area contributed by atoms with Crippen LogP contribution in [0.5, 0.6) is 0 Å². The van der Waals surface area contributed by atoms with Crippen LogP contribution < -0.4 is 0 Å².